The highest BCUT2D eigenvalue weighted by molar-refractivity contribution is 7.89. The number of hydrogen-bond acceptors (Lipinski definition) is 4. The fourth-order valence-electron chi connectivity index (χ4n) is 2.66. The molecule has 128 valence electrons. The lowest BCUT2D eigenvalue weighted by molar-refractivity contribution is -0.126. The Morgan fingerprint density at radius 3 is 2.65 bits per heavy atom. The number of likely N-dealkylation sites (N-methyl/N-ethyl adjacent to an activating group) is 1. The van der Waals surface area contributed by atoms with Gasteiger partial charge in [-0.25, -0.2) is 8.42 Å². The third kappa shape index (κ3) is 4.76. The van der Waals surface area contributed by atoms with Crippen molar-refractivity contribution in [3.05, 3.63) is 30.3 Å². The largest absolute Gasteiger partial charge is 0.355 e. The molecule has 0 bridgehead atoms. The Bertz CT molecular complexity index is 617. The molecule has 1 unspecified atom stereocenters. The van der Waals surface area contributed by atoms with Gasteiger partial charge in [0.25, 0.3) is 0 Å². The first kappa shape index (κ1) is 17.9. The summed E-state index contributed by atoms with van der Waals surface area (Å²) in [6, 6.07) is 8.40. The van der Waals surface area contributed by atoms with Gasteiger partial charge in [0.2, 0.25) is 15.9 Å². The highest BCUT2D eigenvalue weighted by Gasteiger charge is 2.33. The van der Waals surface area contributed by atoms with Crippen molar-refractivity contribution < 1.29 is 13.2 Å². The van der Waals surface area contributed by atoms with Crippen LogP contribution >= 0.6 is 0 Å². The van der Waals surface area contributed by atoms with Gasteiger partial charge in [0, 0.05) is 26.2 Å². The first-order chi connectivity index (χ1) is 10.9. The number of nitrogens with one attached hydrogen (secondary N) is 1. The van der Waals surface area contributed by atoms with Gasteiger partial charge in [-0.15, -0.1) is 0 Å². The lowest BCUT2D eigenvalue weighted by atomic mass is 9.99. The molecule has 0 aromatic heterocycles. The fourth-order valence-corrected chi connectivity index (χ4v) is 4.21. The number of carbonyl (C=O) groups is 1. The molecule has 1 atom stereocenters. The molecule has 23 heavy (non-hydrogen) atoms. The van der Waals surface area contributed by atoms with Crippen molar-refractivity contribution in [2.45, 2.75) is 17.7 Å². The molecular formula is C16H25N3O3S. The van der Waals surface area contributed by atoms with Crippen LogP contribution in [0, 0.1) is 5.92 Å². The number of benzene rings is 1. The smallest absolute Gasteiger partial charge is 0.243 e. The maximum Gasteiger partial charge on any atom is 0.243 e. The number of carbonyl (C=O) groups excluding carboxylic acids is 1. The fraction of sp³-hybridized carbons (Fsp3) is 0.562. The summed E-state index contributed by atoms with van der Waals surface area (Å²) >= 11 is 0. The van der Waals surface area contributed by atoms with Crippen LogP contribution in [0.1, 0.15) is 12.8 Å². The van der Waals surface area contributed by atoms with Gasteiger partial charge in [0.15, 0.2) is 0 Å². The average Bonchev–Trinajstić information content (AvgIpc) is 2.55. The standard InChI is InChI=1S/C16H25N3O3S/c1-18(2)12-10-17-16(20)14-7-6-11-19(13-14)23(21,22)15-8-4-3-5-9-15/h3-5,8-9,14H,6-7,10-13H2,1-2H3,(H,17,20). The summed E-state index contributed by atoms with van der Waals surface area (Å²) in [5.74, 6) is -0.329. The van der Waals surface area contributed by atoms with Gasteiger partial charge in [-0.1, -0.05) is 18.2 Å². The molecule has 1 heterocycles. The monoisotopic (exact) mass is 339 g/mol. The molecule has 0 aliphatic carbocycles. The summed E-state index contributed by atoms with van der Waals surface area (Å²) < 4.78 is 26.7. The maximum atomic E-state index is 12.6. The summed E-state index contributed by atoms with van der Waals surface area (Å²) in [6.07, 6.45) is 1.44. The van der Waals surface area contributed by atoms with Crippen LogP contribution in [0.3, 0.4) is 0 Å². The molecule has 0 radical (unpaired) electrons. The molecule has 1 amide bonds. The van der Waals surface area contributed by atoms with Crippen LogP contribution in [0.15, 0.2) is 35.2 Å². The van der Waals surface area contributed by atoms with Gasteiger partial charge in [-0.3, -0.25) is 4.79 Å². The van der Waals surface area contributed by atoms with E-state index in [9.17, 15) is 13.2 Å². The molecule has 1 saturated heterocycles. The van der Waals surface area contributed by atoms with Crippen molar-refractivity contribution >= 4 is 15.9 Å². The predicted molar refractivity (Wildman–Crippen MR) is 89.5 cm³/mol. The van der Waals surface area contributed by atoms with Gasteiger partial charge >= 0.3 is 0 Å². The van der Waals surface area contributed by atoms with Gasteiger partial charge in [-0.05, 0) is 39.1 Å². The van der Waals surface area contributed by atoms with E-state index in [-0.39, 0.29) is 23.3 Å². The van der Waals surface area contributed by atoms with Gasteiger partial charge in [0.05, 0.1) is 10.8 Å². The van der Waals surface area contributed by atoms with Crippen LogP contribution in [0.5, 0.6) is 0 Å². The summed E-state index contributed by atoms with van der Waals surface area (Å²) in [4.78, 5) is 14.5. The molecule has 7 heteroatoms. The first-order valence-corrected chi connectivity index (χ1v) is 9.33. The number of amides is 1. The third-order valence-corrected chi connectivity index (χ3v) is 5.87. The second-order valence-electron chi connectivity index (χ2n) is 6.11. The normalized spacial score (nSPS) is 19.7. The first-order valence-electron chi connectivity index (χ1n) is 7.89. The Morgan fingerprint density at radius 1 is 1.30 bits per heavy atom. The number of hydrogen-bond donors (Lipinski definition) is 1. The number of sulfonamides is 1. The van der Waals surface area contributed by atoms with Crippen molar-refractivity contribution in [3.8, 4) is 0 Å². The summed E-state index contributed by atoms with van der Waals surface area (Å²) in [7, 11) is 0.373. The van der Waals surface area contributed by atoms with Crippen molar-refractivity contribution in [1.82, 2.24) is 14.5 Å². The zero-order chi connectivity index (χ0) is 16.9. The molecule has 0 spiro atoms. The zero-order valence-corrected chi connectivity index (χ0v) is 14.6. The minimum atomic E-state index is -3.52. The number of piperidine rings is 1. The summed E-state index contributed by atoms with van der Waals surface area (Å²) in [6.45, 7) is 2.07. The number of rotatable bonds is 6. The summed E-state index contributed by atoms with van der Waals surface area (Å²) in [5, 5.41) is 2.89. The maximum absolute atomic E-state index is 12.6. The predicted octanol–water partition coefficient (Wildman–Crippen LogP) is 0.765. The van der Waals surface area contributed by atoms with Crippen molar-refractivity contribution in [2.24, 2.45) is 5.92 Å². The van der Waals surface area contributed by atoms with Crippen LogP contribution in [0.2, 0.25) is 0 Å². The quantitative estimate of drug-likeness (QED) is 0.831. The van der Waals surface area contributed by atoms with E-state index in [1.165, 1.54) is 4.31 Å². The second kappa shape index (κ2) is 7.90. The van der Waals surface area contributed by atoms with Crippen LogP contribution in [0.25, 0.3) is 0 Å². The Hall–Kier alpha value is -1.44. The lowest BCUT2D eigenvalue weighted by Gasteiger charge is -2.31. The SMILES string of the molecule is CN(C)CCNC(=O)C1CCCN(S(=O)(=O)c2ccccc2)C1. The Morgan fingerprint density at radius 2 is 2.00 bits per heavy atom. The van der Waals surface area contributed by atoms with Crippen molar-refractivity contribution in [3.63, 3.8) is 0 Å². The van der Waals surface area contributed by atoms with E-state index in [0.29, 0.717) is 19.5 Å². The summed E-state index contributed by atoms with van der Waals surface area (Å²) in [5.41, 5.74) is 0. The highest BCUT2D eigenvalue weighted by Crippen LogP contribution is 2.23. The minimum Gasteiger partial charge on any atom is -0.355 e. The molecule has 0 saturated carbocycles. The topological polar surface area (TPSA) is 69.7 Å². The Labute approximate surface area is 138 Å². The molecule has 6 nitrogen and oxygen atoms in total. The van der Waals surface area contributed by atoms with E-state index < -0.39 is 10.0 Å². The Balaban J connectivity index is 1.99. The molecule has 2 rings (SSSR count). The van der Waals surface area contributed by atoms with Crippen molar-refractivity contribution in [2.75, 3.05) is 40.3 Å². The van der Waals surface area contributed by atoms with Gasteiger partial charge in [0.1, 0.15) is 0 Å². The van der Waals surface area contributed by atoms with E-state index in [1.807, 2.05) is 19.0 Å². The molecule has 1 aliphatic heterocycles. The highest BCUT2D eigenvalue weighted by atomic mass is 32.2. The van der Waals surface area contributed by atoms with Crippen LogP contribution < -0.4 is 5.32 Å². The van der Waals surface area contributed by atoms with Crippen molar-refractivity contribution in [1.29, 1.82) is 0 Å². The number of nitrogens with zero attached hydrogens (tertiary/aromatic N) is 2. The van der Waals surface area contributed by atoms with Gasteiger partial charge < -0.3 is 10.2 Å². The average molecular weight is 339 g/mol. The molecule has 1 N–H and O–H groups in total. The lowest BCUT2D eigenvalue weighted by Crippen LogP contribution is -2.46. The molecule has 1 aromatic carbocycles. The van der Waals surface area contributed by atoms with E-state index in [4.69, 9.17) is 0 Å². The van der Waals surface area contributed by atoms with E-state index >= 15 is 0 Å². The molecule has 1 aliphatic rings. The molecular weight excluding hydrogens is 314 g/mol. The van der Waals surface area contributed by atoms with E-state index in [0.717, 1.165) is 13.0 Å². The molecule has 1 aromatic rings. The van der Waals surface area contributed by atoms with Gasteiger partial charge in [-0.2, -0.15) is 4.31 Å². The van der Waals surface area contributed by atoms with Crippen LogP contribution in [0.4, 0.5) is 0 Å². The van der Waals surface area contributed by atoms with Crippen LogP contribution in [-0.2, 0) is 14.8 Å². The zero-order valence-electron chi connectivity index (χ0n) is 13.7. The van der Waals surface area contributed by atoms with Crippen LogP contribution in [-0.4, -0.2) is 63.8 Å². The second-order valence-corrected chi connectivity index (χ2v) is 8.05. The minimum absolute atomic E-state index is 0.0557. The molecule has 1 fully saturated rings. The van der Waals surface area contributed by atoms with E-state index in [2.05, 4.69) is 5.32 Å². The third-order valence-electron chi connectivity index (χ3n) is 3.99. The Kier molecular flexibility index (Phi) is 6.15. The van der Waals surface area contributed by atoms with E-state index in [1.54, 1.807) is 30.3 Å².